The number of rotatable bonds is 3. The smallest absolute Gasteiger partial charge is 0.228 e. The van der Waals surface area contributed by atoms with Crippen LogP contribution in [0.1, 0.15) is 39.0 Å². The molecule has 1 aromatic heterocycles. The number of carbonyl (C=O) groups is 1. The number of anilines is 2. The van der Waals surface area contributed by atoms with E-state index in [0.29, 0.717) is 11.9 Å². The van der Waals surface area contributed by atoms with Crippen molar-refractivity contribution < 1.29 is 4.79 Å². The van der Waals surface area contributed by atoms with Gasteiger partial charge in [-0.1, -0.05) is 0 Å². The molecule has 120 valence electrons. The molecule has 2 saturated heterocycles. The SMILES string of the molecule is C[C@H]1C[C@@H](C(=O)Nc2ccc(N3CCCCC3)cn2)CCN1. The van der Waals surface area contributed by atoms with Gasteiger partial charge in [-0.15, -0.1) is 0 Å². The van der Waals surface area contributed by atoms with E-state index in [0.717, 1.165) is 38.2 Å². The van der Waals surface area contributed by atoms with Gasteiger partial charge < -0.3 is 15.5 Å². The fraction of sp³-hybridized carbons (Fsp3) is 0.647. The van der Waals surface area contributed by atoms with Crippen LogP contribution in [0.25, 0.3) is 0 Å². The lowest BCUT2D eigenvalue weighted by Crippen LogP contribution is -2.40. The molecule has 0 radical (unpaired) electrons. The van der Waals surface area contributed by atoms with Crippen LogP contribution in [0.3, 0.4) is 0 Å². The number of piperidine rings is 2. The summed E-state index contributed by atoms with van der Waals surface area (Å²) in [7, 11) is 0. The van der Waals surface area contributed by atoms with Gasteiger partial charge in [-0.05, 0) is 57.7 Å². The zero-order valence-electron chi connectivity index (χ0n) is 13.3. The first-order valence-corrected chi connectivity index (χ1v) is 8.47. The highest BCUT2D eigenvalue weighted by Gasteiger charge is 2.24. The van der Waals surface area contributed by atoms with E-state index < -0.39 is 0 Å². The summed E-state index contributed by atoms with van der Waals surface area (Å²) in [6, 6.07) is 4.41. The van der Waals surface area contributed by atoms with Gasteiger partial charge in [0, 0.05) is 25.0 Å². The molecule has 2 aliphatic heterocycles. The normalized spacial score (nSPS) is 25.8. The van der Waals surface area contributed by atoms with Crippen LogP contribution in [0.5, 0.6) is 0 Å². The van der Waals surface area contributed by atoms with Gasteiger partial charge in [-0.3, -0.25) is 4.79 Å². The Kier molecular flexibility index (Phi) is 4.93. The molecule has 3 heterocycles. The van der Waals surface area contributed by atoms with Crippen LogP contribution in [0.4, 0.5) is 11.5 Å². The maximum absolute atomic E-state index is 12.3. The summed E-state index contributed by atoms with van der Waals surface area (Å²) in [6.07, 6.45) is 7.53. The minimum atomic E-state index is 0.0971. The number of pyridine rings is 1. The second-order valence-corrected chi connectivity index (χ2v) is 6.52. The van der Waals surface area contributed by atoms with Crippen LogP contribution in [0.2, 0.25) is 0 Å². The summed E-state index contributed by atoms with van der Waals surface area (Å²) >= 11 is 0. The summed E-state index contributed by atoms with van der Waals surface area (Å²) < 4.78 is 0. The molecule has 1 amide bonds. The Morgan fingerprint density at radius 2 is 2.14 bits per heavy atom. The van der Waals surface area contributed by atoms with E-state index in [1.807, 2.05) is 12.3 Å². The summed E-state index contributed by atoms with van der Waals surface area (Å²) in [5, 5.41) is 6.34. The molecule has 3 rings (SSSR count). The van der Waals surface area contributed by atoms with Crippen LogP contribution >= 0.6 is 0 Å². The first kappa shape index (κ1) is 15.3. The molecule has 0 aromatic carbocycles. The van der Waals surface area contributed by atoms with E-state index in [9.17, 15) is 4.79 Å². The molecule has 1 aromatic rings. The molecule has 2 aliphatic rings. The van der Waals surface area contributed by atoms with Crippen LogP contribution < -0.4 is 15.5 Å². The maximum atomic E-state index is 12.3. The van der Waals surface area contributed by atoms with E-state index in [4.69, 9.17) is 0 Å². The van der Waals surface area contributed by atoms with E-state index in [1.165, 1.54) is 19.3 Å². The van der Waals surface area contributed by atoms with Gasteiger partial charge in [0.1, 0.15) is 5.82 Å². The van der Waals surface area contributed by atoms with Gasteiger partial charge in [0.2, 0.25) is 5.91 Å². The predicted molar refractivity (Wildman–Crippen MR) is 89.1 cm³/mol. The highest BCUT2D eigenvalue weighted by molar-refractivity contribution is 5.91. The third kappa shape index (κ3) is 3.77. The number of carbonyl (C=O) groups excluding carboxylic acids is 1. The molecule has 5 heteroatoms. The molecule has 2 fully saturated rings. The Morgan fingerprint density at radius 1 is 1.32 bits per heavy atom. The second-order valence-electron chi connectivity index (χ2n) is 6.52. The fourth-order valence-electron chi connectivity index (χ4n) is 3.40. The van der Waals surface area contributed by atoms with Crippen LogP contribution in [0, 0.1) is 5.92 Å². The monoisotopic (exact) mass is 302 g/mol. The molecular weight excluding hydrogens is 276 g/mol. The third-order valence-corrected chi connectivity index (χ3v) is 4.71. The van der Waals surface area contributed by atoms with Gasteiger partial charge in [0.05, 0.1) is 11.9 Å². The Balaban J connectivity index is 1.57. The summed E-state index contributed by atoms with van der Waals surface area (Å²) in [6.45, 7) is 5.27. The Labute approximate surface area is 132 Å². The number of amides is 1. The number of hydrogen-bond acceptors (Lipinski definition) is 4. The van der Waals surface area contributed by atoms with Gasteiger partial charge in [0.15, 0.2) is 0 Å². The zero-order chi connectivity index (χ0) is 15.4. The number of hydrogen-bond donors (Lipinski definition) is 2. The van der Waals surface area contributed by atoms with Gasteiger partial charge in [-0.2, -0.15) is 0 Å². The van der Waals surface area contributed by atoms with Crippen molar-refractivity contribution in [3.63, 3.8) is 0 Å². The van der Waals surface area contributed by atoms with Gasteiger partial charge in [-0.25, -0.2) is 4.98 Å². The summed E-state index contributed by atoms with van der Waals surface area (Å²) in [5.41, 5.74) is 1.16. The third-order valence-electron chi connectivity index (χ3n) is 4.71. The van der Waals surface area contributed by atoms with Crippen molar-refractivity contribution in [2.45, 2.75) is 45.1 Å². The van der Waals surface area contributed by atoms with Crippen molar-refractivity contribution in [1.82, 2.24) is 10.3 Å². The minimum Gasteiger partial charge on any atom is -0.370 e. The molecule has 0 aliphatic carbocycles. The zero-order valence-corrected chi connectivity index (χ0v) is 13.3. The quantitative estimate of drug-likeness (QED) is 0.900. The lowest BCUT2D eigenvalue weighted by atomic mass is 9.92. The van der Waals surface area contributed by atoms with E-state index in [1.54, 1.807) is 0 Å². The standard InChI is InChI=1S/C17H26N4O/c1-13-11-14(7-8-18-13)17(22)20-16-6-5-15(12-19-16)21-9-3-2-4-10-21/h5-6,12-14,18H,2-4,7-11H2,1H3,(H,19,20,22)/t13-,14-/m0/s1. The largest absolute Gasteiger partial charge is 0.370 e. The lowest BCUT2D eigenvalue weighted by Gasteiger charge is -2.28. The van der Waals surface area contributed by atoms with Crippen molar-refractivity contribution >= 4 is 17.4 Å². The summed E-state index contributed by atoms with van der Waals surface area (Å²) in [5.74, 6) is 0.864. The number of nitrogens with zero attached hydrogens (tertiary/aromatic N) is 2. The first-order valence-electron chi connectivity index (χ1n) is 8.47. The van der Waals surface area contributed by atoms with Crippen molar-refractivity contribution in [1.29, 1.82) is 0 Å². The highest BCUT2D eigenvalue weighted by Crippen LogP contribution is 2.21. The van der Waals surface area contributed by atoms with Gasteiger partial charge in [0.25, 0.3) is 0 Å². The minimum absolute atomic E-state index is 0.0971. The molecule has 0 spiro atoms. The number of aromatic nitrogens is 1. The molecule has 0 bridgehead atoms. The predicted octanol–water partition coefficient (Wildman–Crippen LogP) is 2.40. The average Bonchev–Trinajstić information content (AvgIpc) is 2.56. The van der Waals surface area contributed by atoms with Crippen molar-refractivity contribution in [3.8, 4) is 0 Å². The summed E-state index contributed by atoms with van der Waals surface area (Å²) in [4.78, 5) is 19.1. The van der Waals surface area contributed by atoms with E-state index in [-0.39, 0.29) is 11.8 Å². The average molecular weight is 302 g/mol. The van der Waals surface area contributed by atoms with Crippen molar-refractivity contribution in [3.05, 3.63) is 18.3 Å². The molecule has 0 saturated carbocycles. The second kappa shape index (κ2) is 7.09. The lowest BCUT2D eigenvalue weighted by molar-refractivity contribution is -0.120. The molecule has 0 unspecified atom stereocenters. The van der Waals surface area contributed by atoms with Crippen molar-refractivity contribution in [2.75, 3.05) is 29.9 Å². The molecule has 5 nitrogen and oxygen atoms in total. The molecular formula is C17H26N4O. The Hall–Kier alpha value is -1.62. The van der Waals surface area contributed by atoms with Crippen LogP contribution in [0.15, 0.2) is 18.3 Å². The maximum Gasteiger partial charge on any atom is 0.228 e. The topological polar surface area (TPSA) is 57.3 Å². The van der Waals surface area contributed by atoms with E-state index in [2.05, 4.69) is 33.5 Å². The number of nitrogens with one attached hydrogen (secondary N) is 2. The fourth-order valence-corrected chi connectivity index (χ4v) is 3.40. The van der Waals surface area contributed by atoms with Gasteiger partial charge >= 0.3 is 0 Å². The molecule has 22 heavy (non-hydrogen) atoms. The Morgan fingerprint density at radius 3 is 2.82 bits per heavy atom. The van der Waals surface area contributed by atoms with E-state index >= 15 is 0 Å². The highest BCUT2D eigenvalue weighted by atomic mass is 16.1. The molecule has 2 N–H and O–H groups in total. The van der Waals surface area contributed by atoms with Crippen LogP contribution in [-0.2, 0) is 4.79 Å². The van der Waals surface area contributed by atoms with Crippen LogP contribution in [-0.4, -0.2) is 36.6 Å². The van der Waals surface area contributed by atoms with Crippen molar-refractivity contribution in [2.24, 2.45) is 5.92 Å². The Bertz CT molecular complexity index is 496. The molecule has 2 atom stereocenters. The first-order chi connectivity index (χ1) is 10.7.